The Balaban J connectivity index is 2.09. The lowest BCUT2D eigenvalue weighted by atomic mass is 10.1. The lowest BCUT2D eigenvalue weighted by Crippen LogP contribution is -2.22. The number of carbonyl (C=O) groups excluding carboxylic acids is 1. The first-order valence-electron chi connectivity index (χ1n) is 5.86. The van der Waals surface area contributed by atoms with Crippen LogP contribution in [0.15, 0.2) is 29.6 Å². The molecule has 0 unspecified atom stereocenters. The quantitative estimate of drug-likeness (QED) is 0.844. The van der Waals surface area contributed by atoms with E-state index in [1.807, 2.05) is 18.4 Å². The topological polar surface area (TPSA) is 64.3 Å². The molecule has 1 aromatic carbocycles. The number of anilines is 1. The van der Waals surface area contributed by atoms with Crippen LogP contribution in [0.3, 0.4) is 0 Å². The molecule has 19 heavy (non-hydrogen) atoms. The molecule has 1 heterocycles. The van der Waals surface area contributed by atoms with Crippen LogP contribution in [0.4, 0.5) is 5.69 Å². The smallest absolute Gasteiger partial charge is 0.261 e. The molecule has 2 rings (SSSR count). The fourth-order valence-electron chi connectivity index (χ4n) is 1.80. The molecular weight excluding hydrogens is 260 g/mol. The number of nitrogen functional groups attached to an aromatic ring is 1. The van der Waals surface area contributed by atoms with Gasteiger partial charge in [0.2, 0.25) is 0 Å². The molecule has 0 radical (unpaired) electrons. The number of hydrogen-bond acceptors (Lipinski definition) is 4. The van der Waals surface area contributed by atoms with E-state index >= 15 is 0 Å². The highest BCUT2D eigenvalue weighted by Crippen LogP contribution is 2.21. The van der Waals surface area contributed by atoms with Gasteiger partial charge in [0.15, 0.2) is 0 Å². The summed E-state index contributed by atoms with van der Waals surface area (Å²) < 4.78 is 5.24. The number of hydrogen-bond donors (Lipinski definition) is 2. The number of ether oxygens (including phenoxy) is 1. The molecule has 0 saturated heterocycles. The minimum absolute atomic E-state index is 0.0722. The van der Waals surface area contributed by atoms with Gasteiger partial charge in [-0.15, -0.1) is 11.3 Å². The van der Waals surface area contributed by atoms with Crippen molar-refractivity contribution in [3.63, 3.8) is 0 Å². The summed E-state index contributed by atoms with van der Waals surface area (Å²) in [6.07, 6.45) is 0. The van der Waals surface area contributed by atoms with Gasteiger partial charge in [0.25, 0.3) is 5.91 Å². The van der Waals surface area contributed by atoms with Crippen LogP contribution in [0, 0.1) is 6.92 Å². The van der Waals surface area contributed by atoms with Gasteiger partial charge >= 0.3 is 0 Å². The number of carbonyl (C=O) groups is 1. The molecule has 1 aromatic heterocycles. The molecule has 0 fully saturated rings. The largest absolute Gasteiger partial charge is 0.496 e. The SMILES string of the molecule is COc1ccc(N)cc1CNC(=O)c1sccc1C. The Kier molecular flexibility index (Phi) is 4.06. The minimum Gasteiger partial charge on any atom is -0.496 e. The standard InChI is InChI=1S/C14H16N2O2S/c1-9-5-6-19-13(9)14(17)16-8-10-7-11(15)3-4-12(10)18-2/h3-7H,8,15H2,1-2H3,(H,16,17). The van der Waals surface area contributed by atoms with Crippen molar-refractivity contribution in [2.45, 2.75) is 13.5 Å². The summed E-state index contributed by atoms with van der Waals surface area (Å²) in [6, 6.07) is 7.31. The first-order chi connectivity index (χ1) is 9.11. The average molecular weight is 276 g/mol. The number of methoxy groups -OCH3 is 1. The van der Waals surface area contributed by atoms with Gasteiger partial charge in [-0.25, -0.2) is 0 Å². The van der Waals surface area contributed by atoms with Gasteiger partial charge in [-0.1, -0.05) is 0 Å². The molecule has 4 nitrogen and oxygen atoms in total. The molecule has 1 amide bonds. The summed E-state index contributed by atoms with van der Waals surface area (Å²) in [5, 5.41) is 4.79. The van der Waals surface area contributed by atoms with Gasteiger partial charge in [-0.2, -0.15) is 0 Å². The summed E-state index contributed by atoms with van der Waals surface area (Å²) in [4.78, 5) is 12.8. The molecule has 0 atom stereocenters. The first-order valence-corrected chi connectivity index (χ1v) is 6.74. The van der Waals surface area contributed by atoms with Gasteiger partial charge in [-0.3, -0.25) is 4.79 Å². The third-order valence-corrected chi connectivity index (χ3v) is 3.83. The number of aryl methyl sites for hydroxylation is 1. The third-order valence-electron chi connectivity index (χ3n) is 2.81. The fourth-order valence-corrected chi connectivity index (χ4v) is 2.64. The van der Waals surface area contributed by atoms with Crippen LogP contribution in [-0.4, -0.2) is 13.0 Å². The molecule has 0 aliphatic heterocycles. The van der Waals surface area contributed by atoms with E-state index in [0.717, 1.165) is 21.8 Å². The Labute approximate surface area is 116 Å². The number of rotatable bonds is 4. The van der Waals surface area contributed by atoms with E-state index in [4.69, 9.17) is 10.5 Å². The van der Waals surface area contributed by atoms with Crippen molar-refractivity contribution in [2.75, 3.05) is 12.8 Å². The Morgan fingerprint density at radius 3 is 2.84 bits per heavy atom. The van der Waals surface area contributed by atoms with E-state index in [9.17, 15) is 4.79 Å². The Morgan fingerprint density at radius 2 is 2.21 bits per heavy atom. The van der Waals surface area contributed by atoms with Crippen LogP contribution in [0.2, 0.25) is 0 Å². The number of benzene rings is 1. The predicted octanol–water partition coefficient (Wildman–Crippen LogP) is 2.58. The number of amides is 1. The van der Waals surface area contributed by atoms with Crippen molar-refractivity contribution in [2.24, 2.45) is 0 Å². The third kappa shape index (κ3) is 3.06. The summed E-state index contributed by atoms with van der Waals surface area (Å²) in [7, 11) is 1.60. The van der Waals surface area contributed by atoms with Crippen LogP contribution in [-0.2, 0) is 6.54 Å². The Morgan fingerprint density at radius 1 is 1.42 bits per heavy atom. The van der Waals surface area contributed by atoms with E-state index in [-0.39, 0.29) is 5.91 Å². The number of nitrogens with two attached hydrogens (primary N) is 1. The zero-order valence-corrected chi connectivity index (χ0v) is 11.7. The maximum atomic E-state index is 12.0. The number of thiophene rings is 1. The van der Waals surface area contributed by atoms with Crippen molar-refractivity contribution in [3.8, 4) is 5.75 Å². The van der Waals surface area contributed by atoms with E-state index < -0.39 is 0 Å². The fraction of sp³-hybridized carbons (Fsp3) is 0.214. The maximum absolute atomic E-state index is 12.0. The summed E-state index contributed by atoms with van der Waals surface area (Å²) >= 11 is 1.44. The van der Waals surface area contributed by atoms with Crippen LogP contribution in [0.25, 0.3) is 0 Å². The van der Waals surface area contributed by atoms with E-state index in [0.29, 0.717) is 12.2 Å². The highest BCUT2D eigenvalue weighted by atomic mass is 32.1. The molecule has 0 aliphatic rings. The van der Waals surface area contributed by atoms with Gasteiger partial charge in [-0.05, 0) is 42.1 Å². The second-order valence-electron chi connectivity index (χ2n) is 4.19. The molecule has 0 spiro atoms. The van der Waals surface area contributed by atoms with Gasteiger partial charge in [0.1, 0.15) is 5.75 Å². The Bertz CT molecular complexity index is 593. The monoisotopic (exact) mass is 276 g/mol. The van der Waals surface area contributed by atoms with Crippen molar-refractivity contribution in [1.82, 2.24) is 5.32 Å². The van der Waals surface area contributed by atoms with Crippen molar-refractivity contribution >= 4 is 22.9 Å². The van der Waals surface area contributed by atoms with Crippen molar-refractivity contribution in [3.05, 3.63) is 45.6 Å². The minimum atomic E-state index is -0.0722. The first kappa shape index (κ1) is 13.4. The zero-order valence-electron chi connectivity index (χ0n) is 10.9. The summed E-state index contributed by atoms with van der Waals surface area (Å²) in [5.41, 5.74) is 8.25. The lowest BCUT2D eigenvalue weighted by Gasteiger charge is -2.10. The zero-order chi connectivity index (χ0) is 13.8. The molecule has 0 aliphatic carbocycles. The molecule has 100 valence electrons. The van der Waals surface area contributed by atoms with E-state index in [1.54, 1.807) is 25.3 Å². The van der Waals surface area contributed by atoms with Crippen molar-refractivity contribution in [1.29, 1.82) is 0 Å². The highest BCUT2D eigenvalue weighted by molar-refractivity contribution is 7.12. The molecule has 0 bridgehead atoms. The second kappa shape index (κ2) is 5.75. The van der Waals surface area contributed by atoms with E-state index in [2.05, 4.69) is 5.32 Å². The Hall–Kier alpha value is -2.01. The molecule has 5 heteroatoms. The predicted molar refractivity (Wildman–Crippen MR) is 77.6 cm³/mol. The summed E-state index contributed by atoms with van der Waals surface area (Å²) in [5.74, 6) is 0.648. The molecule has 2 aromatic rings. The average Bonchev–Trinajstić information content (AvgIpc) is 2.82. The summed E-state index contributed by atoms with van der Waals surface area (Å²) in [6.45, 7) is 2.32. The molecular formula is C14H16N2O2S. The maximum Gasteiger partial charge on any atom is 0.261 e. The second-order valence-corrected chi connectivity index (χ2v) is 5.10. The van der Waals surface area contributed by atoms with Gasteiger partial charge in [0, 0.05) is 17.8 Å². The lowest BCUT2D eigenvalue weighted by molar-refractivity contribution is 0.0954. The van der Waals surface area contributed by atoms with Crippen LogP contribution in [0.1, 0.15) is 20.8 Å². The molecule has 0 saturated carbocycles. The van der Waals surface area contributed by atoms with Crippen molar-refractivity contribution < 1.29 is 9.53 Å². The van der Waals surface area contributed by atoms with E-state index in [1.165, 1.54) is 11.3 Å². The normalized spacial score (nSPS) is 10.2. The highest BCUT2D eigenvalue weighted by Gasteiger charge is 2.11. The van der Waals surface area contributed by atoms with Crippen LogP contribution >= 0.6 is 11.3 Å². The van der Waals surface area contributed by atoms with Gasteiger partial charge < -0.3 is 15.8 Å². The van der Waals surface area contributed by atoms with Crippen LogP contribution < -0.4 is 15.8 Å². The number of nitrogens with one attached hydrogen (secondary N) is 1. The van der Waals surface area contributed by atoms with Gasteiger partial charge in [0.05, 0.1) is 12.0 Å². The van der Waals surface area contributed by atoms with Crippen LogP contribution in [0.5, 0.6) is 5.75 Å². The molecule has 3 N–H and O–H groups in total.